The highest BCUT2D eigenvalue weighted by molar-refractivity contribution is 5.85. The van der Waals surface area contributed by atoms with Gasteiger partial charge in [-0.15, -0.1) is 0 Å². The van der Waals surface area contributed by atoms with Crippen LogP contribution in [-0.2, 0) is 4.79 Å². The molecule has 1 N–H and O–H groups in total. The number of hydrogen-bond donors (Lipinski definition) is 1. The number of halogens is 2. The van der Waals surface area contributed by atoms with Gasteiger partial charge in [-0.3, -0.25) is 9.36 Å². The highest BCUT2D eigenvalue weighted by Crippen LogP contribution is 2.36. The monoisotopic (exact) mass is 432 g/mol. The van der Waals surface area contributed by atoms with Gasteiger partial charge in [0, 0.05) is 24.4 Å². The molecule has 4 rings (SSSR count). The molecule has 0 aliphatic carbocycles. The Morgan fingerprint density at radius 3 is 2.61 bits per heavy atom. The number of nitrogens with zero attached hydrogens (tertiary/aromatic N) is 3. The molecule has 0 spiro atoms. The lowest BCUT2D eigenvalue weighted by atomic mass is 10.0. The van der Waals surface area contributed by atoms with Crippen LogP contribution in [0.3, 0.4) is 0 Å². The maximum atomic E-state index is 13.6. The van der Waals surface area contributed by atoms with Crippen molar-refractivity contribution in [2.75, 3.05) is 20.8 Å². The van der Waals surface area contributed by atoms with Crippen molar-refractivity contribution in [1.29, 1.82) is 0 Å². The first-order chi connectivity index (χ1) is 14.9. The van der Waals surface area contributed by atoms with E-state index in [0.717, 1.165) is 10.9 Å². The smallest absolute Gasteiger partial charge is 0.320 e. The molecule has 1 aromatic carbocycles. The van der Waals surface area contributed by atoms with E-state index in [1.807, 2.05) is 0 Å². The van der Waals surface area contributed by atoms with Gasteiger partial charge in [-0.2, -0.15) is 8.78 Å². The predicted molar refractivity (Wildman–Crippen MR) is 109 cm³/mol. The molecule has 0 bridgehead atoms. The van der Waals surface area contributed by atoms with Crippen molar-refractivity contribution < 1.29 is 27.8 Å². The zero-order chi connectivity index (χ0) is 22.1. The van der Waals surface area contributed by atoms with Gasteiger partial charge in [0.1, 0.15) is 17.9 Å². The molecule has 2 aromatic heterocycles. The van der Waals surface area contributed by atoms with Crippen molar-refractivity contribution in [2.24, 2.45) is 5.92 Å². The van der Waals surface area contributed by atoms with Gasteiger partial charge < -0.3 is 19.5 Å². The lowest BCUT2D eigenvalue weighted by Gasteiger charge is -2.20. The largest absolute Gasteiger partial charge is 0.493 e. The fourth-order valence-electron chi connectivity index (χ4n) is 3.63. The number of imidazole rings is 1. The first-order valence-corrected chi connectivity index (χ1v) is 9.72. The molecule has 0 radical (unpaired) electrons. The summed E-state index contributed by atoms with van der Waals surface area (Å²) < 4.78 is 44.5. The van der Waals surface area contributed by atoms with E-state index in [0.29, 0.717) is 41.2 Å². The minimum absolute atomic E-state index is 0.0342. The average Bonchev–Trinajstić information content (AvgIpc) is 3.39. The fourth-order valence-corrected chi connectivity index (χ4v) is 3.63. The van der Waals surface area contributed by atoms with E-state index in [-0.39, 0.29) is 23.2 Å². The van der Waals surface area contributed by atoms with Crippen molar-refractivity contribution in [3.63, 3.8) is 0 Å². The van der Waals surface area contributed by atoms with Crippen LogP contribution in [0.1, 0.15) is 19.9 Å². The summed E-state index contributed by atoms with van der Waals surface area (Å²) in [7, 11) is 3.06. The summed E-state index contributed by atoms with van der Waals surface area (Å²) in [5, 5.41) is 2.76. The Kier molecular flexibility index (Phi) is 5.62. The number of amides is 1. The molecule has 8 nitrogen and oxygen atoms in total. The van der Waals surface area contributed by atoms with E-state index in [1.165, 1.54) is 14.2 Å². The summed E-state index contributed by atoms with van der Waals surface area (Å²) in [5.41, 5.74) is 1.59. The van der Waals surface area contributed by atoms with E-state index < -0.39 is 12.7 Å². The van der Waals surface area contributed by atoms with Crippen LogP contribution in [0.4, 0.5) is 8.78 Å². The Balaban J connectivity index is 1.79. The van der Waals surface area contributed by atoms with Crippen molar-refractivity contribution in [3.05, 3.63) is 30.6 Å². The Morgan fingerprint density at radius 1 is 1.19 bits per heavy atom. The third kappa shape index (κ3) is 3.97. The number of fused-ring (bicyclic) bond motifs is 1. The summed E-state index contributed by atoms with van der Waals surface area (Å²) in [5.74, 6) is 0.948. The summed E-state index contributed by atoms with van der Waals surface area (Å²) >= 11 is 0. The minimum atomic E-state index is -2.80. The molecule has 10 heteroatoms. The van der Waals surface area contributed by atoms with Crippen molar-refractivity contribution in [1.82, 2.24) is 19.9 Å². The second-order valence-electron chi connectivity index (χ2n) is 7.27. The molecule has 1 aliphatic rings. The molecule has 1 aliphatic heterocycles. The number of aromatic nitrogens is 3. The normalized spacial score (nSPS) is 17.1. The van der Waals surface area contributed by atoms with Crippen LogP contribution < -0.4 is 19.5 Å². The molecule has 0 saturated carbocycles. The first kappa shape index (κ1) is 20.8. The number of carbonyl (C=O) groups excluding carboxylic acids is 1. The number of nitrogens with one attached hydrogen (secondary N) is 1. The van der Waals surface area contributed by atoms with Crippen LogP contribution in [0.2, 0.25) is 0 Å². The van der Waals surface area contributed by atoms with Crippen molar-refractivity contribution in [2.45, 2.75) is 26.0 Å². The van der Waals surface area contributed by atoms with Gasteiger partial charge in [0.2, 0.25) is 11.8 Å². The number of hydrogen-bond acceptors (Lipinski definition) is 6. The molecule has 1 saturated heterocycles. The number of alkyl halides is 2. The molecule has 2 unspecified atom stereocenters. The number of carbonyl (C=O) groups is 1. The van der Waals surface area contributed by atoms with Gasteiger partial charge >= 0.3 is 6.55 Å². The van der Waals surface area contributed by atoms with E-state index in [9.17, 15) is 13.6 Å². The van der Waals surface area contributed by atoms with Gasteiger partial charge in [0.05, 0.1) is 25.4 Å². The molecule has 1 fully saturated rings. The molecule has 3 aromatic rings. The second-order valence-corrected chi connectivity index (χ2v) is 7.27. The number of pyridine rings is 1. The highest BCUT2D eigenvalue weighted by Gasteiger charge is 2.29. The lowest BCUT2D eigenvalue weighted by Crippen LogP contribution is -2.26. The van der Waals surface area contributed by atoms with E-state index >= 15 is 0 Å². The van der Waals surface area contributed by atoms with Crippen molar-refractivity contribution >= 4 is 16.9 Å². The van der Waals surface area contributed by atoms with Gasteiger partial charge in [-0.25, -0.2) is 9.97 Å². The topological polar surface area (TPSA) is 87.5 Å². The Bertz CT molecular complexity index is 1120. The predicted octanol–water partition coefficient (Wildman–Crippen LogP) is 3.41. The van der Waals surface area contributed by atoms with E-state index in [1.54, 1.807) is 31.2 Å². The molecule has 2 atom stereocenters. The summed E-state index contributed by atoms with van der Waals surface area (Å²) in [4.78, 5) is 20.2. The Morgan fingerprint density at radius 2 is 1.97 bits per heavy atom. The number of methoxy groups -OCH3 is 2. The van der Waals surface area contributed by atoms with Gasteiger partial charge in [-0.05, 0) is 31.2 Å². The first-order valence-electron chi connectivity index (χ1n) is 9.72. The number of benzene rings is 1. The Labute approximate surface area is 177 Å². The third-order valence-corrected chi connectivity index (χ3v) is 5.38. The lowest BCUT2D eigenvalue weighted by molar-refractivity contribution is -0.119. The van der Waals surface area contributed by atoms with Gasteiger partial charge in [0.15, 0.2) is 11.5 Å². The SMILES string of the molecule is COc1ccc(-c2cc3ncn(C(F)F)c3c(OC(C)C3CNC(=O)C3)n2)cc1OC. The van der Waals surface area contributed by atoms with Crippen LogP contribution in [0.25, 0.3) is 22.3 Å². The molecule has 1 amide bonds. The van der Waals surface area contributed by atoms with Crippen molar-refractivity contribution in [3.8, 4) is 28.6 Å². The molecule has 3 heterocycles. The highest BCUT2D eigenvalue weighted by atomic mass is 19.3. The zero-order valence-electron chi connectivity index (χ0n) is 17.3. The minimum Gasteiger partial charge on any atom is -0.493 e. The van der Waals surface area contributed by atoms with Crippen LogP contribution in [-0.4, -0.2) is 47.3 Å². The standard InChI is InChI=1S/C21H22F2N4O4/c1-11(13-7-18(28)24-9-13)31-20-19-15(25-10-27(19)21(22)23)8-14(26-20)12-4-5-16(29-2)17(6-12)30-3/h4-6,8,10-11,13,21H,7,9H2,1-3H3,(H,24,28). The molecule has 164 valence electrons. The zero-order valence-corrected chi connectivity index (χ0v) is 17.3. The summed E-state index contributed by atoms with van der Waals surface area (Å²) in [6, 6.07) is 6.88. The quantitative estimate of drug-likeness (QED) is 0.616. The maximum absolute atomic E-state index is 13.6. The average molecular weight is 432 g/mol. The summed E-state index contributed by atoms with van der Waals surface area (Å²) in [6.07, 6.45) is 0.956. The third-order valence-electron chi connectivity index (χ3n) is 5.38. The van der Waals surface area contributed by atoms with Gasteiger partial charge in [-0.1, -0.05) is 0 Å². The molecular weight excluding hydrogens is 410 g/mol. The van der Waals surface area contributed by atoms with Gasteiger partial charge in [0.25, 0.3) is 0 Å². The molecule has 31 heavy (non-hydrogen) atoms. The summed E-state index contributed by atoms with van der Waals surface area (Å²) in [6.45, 7) is -0.539. The fraction of sp³-hybridized carbons (Fsp3) is 0.381. The van der Waals surface area contributed by atoms with E-state index in [4.69, 9.17) is 14.2 Å². The number of rotatable bonds is 7. The molecular formula is C21H22F2N4O4. The van der Waals surface area contributed by atoms with Crippen LogP contribution in [0, 0.1) is 5.92 Å². The van der Waals surface area contributed by atoms with Crippen LogP contribution >= 0.6 is 0 Å². The Hall–Kier alpha value is -3.43. The number of ether oxygens (including phenoxy) is 3. The van der Waals surface area contributed by atoms with Crippen LogP contribution in [0.15, 0.2) is 30.6 Å². The van der Waals surface area contributed by atoms with Crippen LogP contribution in [0.5, 0.6) is 17.4 Å². The van der Waals surface area contributed by atoms with E-state index in [2.05, 4.69) is 15.3 Å². The second kappa shape index (κ2) is 8.37. The maximum Gasteiger partial charge on any atom is 0.320 e.